The lowest BCUT2D eigenvalue weighted by Crippen LogP contribution is -2.41. The first kappa shape index (κ1) is 9.01. The van der Waals surface area contributed by atoms with Crippen molar-refractivity contribution in [3.63, 3.8) is 0 Å². The van der Waals surface area contributed by atoms with Gasteiger partial charge in [0.2, 0.25) is 0 Å². The third kappa shape index (κ3) is 2.46. The molecule has 1 atom stereocenters. The van der Waals surface area contributed by atoms with Crippen LogP contribution in [-0.2, 0) is 0 Å². The summed E-state index contributed by atoms with van der Waals surface area (Å²) in [6, 6.07) is 0.586. The molecule has 1 rings (SSSR count). The number of nitrogens with one attached hydrogen (secondary N) is 1. The van der Waals surface area contributed by atoms with Gasteiger partial charge in [0, 0.05) is 12.6 Å². The summed E-state index contributed by atoms with van der Waals surface area (Å²) in [5, 5.41) is 3.45. The lowest BCUT2D eigenvalue weighted by molar-refractivity contribution is 0.371. The van der Waals surface area contributed by atoms with Gasteiger partial charge in [-0.3, -0.25) is 0 Å². The molecule has 1 aliphatic carbocycles. The maximum absolute atomic E-state index is 5.68. The normalized spacial score (nSPS) is 22.4. The van der Waals surface area contributed by atoms with E-state index in [1.165, 1.54) is 25.7 Å². The van der Waals surface area contributed by atoms with Crippen LogP contribution >= 0.6 is 0 Å². The van der Waals surface area contributed by atoms with Crippen LogP contribution in [0.3, 0.4) is 0 Å². The van der Waals surface area contributed by atoms with Gasteiger partial charge in [-0.2, -0.15) is 0 Å². The zero-order chi connectivity index (χ0) is 8.10. The molecule has 0 aromatic carbocycles. The lowest BCUT2D eigenvalue weighted by Gasteiger charge is -2.22. The van der Waals surface area contributed by atoms with Crippen LogP contribution in [-0.4, -0.2) is 19.1 Å². The predicted octanol–water partition coefficient (Wildman–Crippen LogP) is 1.11. The van der Waals surface area contributed by atoms with E-state index in [0.717, 1.165) is 19.0 Å². The fraction of sp³-hybridized carbons (Fsp3) is 1.00. The SMILES string of the molecule is CCNC(CN)C1CCCC1. The van der Waals surface area contributed by atoms with Crippen LogP contribution in [0.25, 0.3) is 0 Å². The van der Waals surface area contributed by atoms with Crippen LogP contribution in [0.15, 0.2) is 0 Å². The molecule has 0 heterocycles. The van der Waals surface area contributed by atoms with Crippen LogP contribution < -0.4 is 11.1 Å². The summed E-state index contributed by atoms with van der Waals surface area (Å²) in [5.41, 5.74) is 5.68. The van der Waals surface area contributed by atoms with Gasteiger partial charge in [-0.1, -0.05) is 19.8 Å². The highest BCUT2D eigenvalue weighted by atomic mass is 14.9. The average molecular weight is 156 g/mol. The topological polar surface area (TPSA) is 38.0 Å². The van der Waals surface area contributed by atoms with Gasteiger partial charge in [-0.25, -0.2) is 0 Å². The van der Waals surface area contributed by atoms with E-state index in [9.17, 15) is 0 Å². The second-order valence-electron chi connectivity index (χ2n) is 3.44. The van der Waals surface area contributed by atoms with Crippen LogP contribution in [0.4, 0.5) is 0 Å². The maximum atomic E-state index is 5.68. The second-order valence-corrected chi connectivity index (χ2v) is 3.44. The second kappa shape index (κ2) is 4.73. The first-order valence-electron chi connectivity index (χ1n) is 4.82. The molecule has 1 saturated carbocycles. The molecule has 2 nitrogen and oxygen atoms in total. The summed E-state index contributed by atoms with van der Waals surface area (Å²) >= 11 is 0. The number of nitrogens with two attached hydrogens (primary N) is 1. The van der Waals surface area contributed by atoms with Gasteiger partial charge in [0.15, 0.2) is 0 Å². The Labute approximate surface area is 69.5 Å². The number of likely N-dealkylation sites (N-methyl/N-ethyl adjacent to an activating group) is 1. The molecule has 1 unspecified atom stereocenters. The van der Waals surface area contributed by atoms with Crippen molar-refractivity contribution in [1.82, 2.24) is 5.32 Å². The smallest absolute Gasteiger partial charge is 0.0218 e. The minimum Gasteiger partial charge on any atom is -0.329 e. The molecule has 0 spiro atoms. The summed E-state index contributed by atoms with van der Waals surface area (Å²) in [4.78, 5) is 0. The molecule has 0 aromatic heterocycles. The summed E-state index contributed by atoms with van der Waals surface area (Å²) in [6.07, 6.45) is 5.59. The van der Waals surface area contributed by atoms with Gasteiger partial charge < -0.3 is 11.1 Å². The monoisotopic (exact) mass is 156 g/mol. The fourth-order valence-corrected chi connectivity index (χ4v) is 2.06. The molecule has 0 saturated heterocycles. The first-order valence-corrected chi connectivity index (χ1v) is 4.82. The van der Waals surface area contributed by atoms with Crippen LogP contribution in [0, 0.1) is 5.92 Å². The largest absolute Gasteiger partial charge is 0.329 e. The van der Waals surface area contributed by atoms with E-state index in [4.69, 9.17) is 5.73 Å². The molecule has 0 aliphatic heterocycles. The van der Waals surface area contributed by atoms with Gasteiger partial charge in [-0.05, 0) is 25.3 Å². The Morgan fingerprint density at radius 2 is 2.09 bits per heavy atom. The molecule has 1 fully saturated rings. The zero-order valence-corrected chi connectivity index (χ0v) is 7.47. The van der Waals surface area contributed by atoms with Gasteiger partial charge in [0.25, 0.3) is 0 Å². The van der Waals surface area contributed by atoms with Crippen LogP contribution in [0.1, 0.15) is 32.6 Å². The molecule has 1 aliphatic rings. The number of rotatable bonds is 4. The third-order valence-corrected chi connectivity index (χ3v) is 2.69. The summed E-state index contributed by atoms with van der Waals surface area (Å²) in [5.74, 6) is 0.861. The highest BCUT2D eigenvalue weighted by Gasteiger charge is 2.22. The van der Waals surface area contributed by atoms with Gasteiger partial charge in [0.05, 0.1) is 0 Å². The Kier molecular flexibility index (Phi) is 3.87. The van der Waals surface area contributed by atoms with E-state index < -0.39 is 0 Å². The standard InChI is InChI=1S/C9H20N2/c1-2-11-9(7-10)8-5-3-4-6-8/h8-9,11H,2-7,10H2,1H3. The molecule has 0 bridgehead atoms. The third-order valence-electron chi connectivity index (χ3n) is 2.69. The quantitative estimate of drug-likeness (QED) is 0.640. The number of hydrogen-bond donors (Lipinski definition) is 2. The summed E-state index contributed by atoms with van der Waals surface area (Å²) in [7, 11) is 0. The van der Waals surface area contributed by atoms with E-state index in [0.29, 0.717) is 6.04 Å². The van der Waals surface area contributed by atoms with Crippen molar-refractivity contribution in [1.29, 1.82) is 0 Å². The van der Waals surface area contributed by atoms with E-state index in [-0.39, 0.29) is 0 Å². The van der Waals surface area contributed by atoms with Gasteiger partial charge >= 0.3 is 0 Å². The molecule has 0 radical (unpaired) electrons. The molecule has 66 valence electrons. The van der Waals surface area contributed by atoms with Crippen molar-refractivity contribution in [3.05, 3.63) is 0 Å². The Hall–Kier alpha value is -0.0800. The minimum absolute atomic E-state index is 0.586. The van der Waals surface area contributed by atoms with E-state index >= 15 is 0 Å². The average Bonchev–Trinajstić information content (AvgIpc) is 2.52. The van der Waals surface area contributed by atoms with Crippen molar-refractivity contribution >= 4 is 0 Å². The highest BCUT2D eigenvalue weighted by Crippen LogP contribution is 2.27. The molecule has 2 heteroatoms. The lowest BCUT2D eigenvalue weighted by atomic mass is 9.98. The van der Waals surface area contributed by atoms with Crippen LogP contribution in [0.2, 0.25) is 0 Å². The molecule has 0 amide bonds. The highest BCUT2D eigenvalue weighted by molar-refractivity contribution is 4.80. The minimum atomic E-state index is 0.586. The van der Waals surface area contributed by atoms with Crippen LogP contribution in [0.5, 0.6) is 0 Å². The molecule has 11 heavy (non-hydrogen) atoms. The Bertz CT molecular complexity index is 97.7. The maximum Gasteiger partial charge on any atom is 0.0218 e. The van der Waals surface area contributed by atoms with Crippen molar-refractivity contribution in [2.75, 3.05) is 13.1 Å². The summed E-state index contributed by atoms with van der Waals surface area (Å²) in [6.45, 7) is 4.01. The Morgan fingerprint density at radius 3 is 2.55 bits per heavy atom. The summed E-state index contributed by atoms with van der Waals surface area (Å²) < 4.78 is 0. The number of hydrogen-bond acceptors (Lipinski definition) is 2. The van der Waals surface area contributed by atoms with Gasteiger partial charge in [-0.15, -0.1) is 0 Å². The molecular weight excluding hydrogens is 136 g/mol. The van der Waals surface area contributed by atoms with Crippen molar-refractivity contribution in [2.24, 2.45) is 11.7 Å². The van der Waals surface area contributed by atoms with Crippen molar-refractivity contribution in [3.8, 4) is 0 Å². The van der Waals surface area contributed by atoms with E-state index in [2.05, 4.69) is 12.2 Å². The Balaban J connectivity index is 2.27. The predicted molar refractivity (Wildman–Crippen MR) is 48.5 cm³/mol. The Morgan fingerprint density at radius 1 is 1.45 bits per heavy atom. The van der Waals surface area contributed by atoms with Gasteiger partial charge in [0.1, 0.15) is 0 Å². The van der Waals surface area contributed by atoms with E-state index in [1.54, 1.807) is 0 Å². The zero-order valence-electron chi connectivity index (χ0n) is 7.47. The van der Waals surface area contributed by atoms with E-state index in [1.807, 2.05) is 0 Å². The van der Waals surface area contributed by atoms with Crippen molar-refractivity contribution in [2.45, 2.75) is 38.6 Å². The fourth-order valence-electron chi connectivity index (χ4n) is 2.06. The first-order chi connectivity index (χ1) is 5.38. The molecular formula is C9H20N2. The van der Waals surface area contributed by atoms with Crippen molar-refractivity contribution < 1.29 is 0 Å². The molecule has 0 aromatic rings. The molecule has 3 N–H and O–H groups in total.